The molecule has 0 aromatic rings. The van der Waals surface area contributed by atoms with Gasteiger partial charge in [0.1, 0.15) is 0 Å². The zero-order valence-corrected chi connectivity index (χ0v) is 14.0. The second-order valence-electron chi connectivity index (χ2n) is 2.80. The van der Waals surface area contributed by atoms with Gasteiger partial charge in [0, 0.05) is 65.4 Å². The number of hydrogen-bond acceptors (Lipinski definition) is 0. The molecule has 4 heteroatoms. The normalized spacial score (nSPS) is 14.2. The molecule has 2 atom stereocenters. The van der Waals surface area contributed by atoms with Crippen LogP contribution in [0.15, 0.2) is 0 Å². The van der Waals surface area contributed by atoms with Gasteiger partial charge < -0.3 is 0 Å². The third kappa shape index (κ3) is 12.1. The Morgan fingerprint density at radius 3 is 1.27 bits per heavy atom. The van der Waals surface area contributed by atoms with Gasteiger partial charge in [-0.1, -0.05) is 0 Å². The molecule has 0 aliphatic heterocycles. The minimum absolute atomic E-state index is 0. The predicted octanol–water partition coefficient (Wildman–Crippen LogP) is -1.99. The van der Waals surface area contributed by atoms with Crippen molar-refractivity contribution in [3.63, 3.8) is 0 Å². The molecular formula is C7H20N2Y2+2. The summed E-state index contributed by atoms with van der Waals surface area (Å²) in [5.41, 5.74) is 0. The van der Waals surface area contributed by atoms with Gasteiger partial charge in [0.05, 0.1) is 27.2 Å². The van der Waals surface area contributed by atoms with E-state index in [0.29, 0.717) is 0 Å². The van der Waals surface area contributed by atoms with Crippen molar-refractivity contribution >= 4 is 0 Å². The van der Waals surface area contributed by atoms with Crippen molar-refractivity contribution in [3.05, 3.63) is 0 Å². The summed E-state index contributed by atoms with van der Waals surface area (Å²) in [4.78, 5) is 3.21. The van der Waals surface area contributed by atoms with Crippen molar-refractivity contribution in [2.24, 2.45) is 0 Å². The Morgan fingerprint density at radius 2 is 1.09 bits per heavy atom. The third-order valence-corrected chi connectivity index (χ3v) is 1.81. The quantitative estimate of drug-likeness (QED) is 0.557. The van der Waals surface area contributed by atoms with E-state index in [1.165, 1.54) is 19.8 Å². The Morgan fingerprint density at radius 1 is 0.818 bits per heavy atom. The average molecular weight is 310 g/mol. The maximum atomic E-state index is 2.24. The second-order valence-corrected chi connectivity index (χ2v) is 2.80. The summed E-state index contributed by atoms with van der Waals surface area (Å²) in [5.74, 6) is 0. The zero-order chi connectivity index (χ0) is 7.28. The van der Waals surface area contributed by atoms with Crippen molar-refractivity contribution in [1.29, 1.82) is 0 Å². The van der Waals surface area contributed by atoms with Crippen LogP contribution in [0.4, 0.5) is 0 Å². The molecule has 0 bridgehead atoms. The van der Waals surface area contributed by atoms with E-state index in [1.54, 1.807) is 9.80 Å². The molecule has 2 radical (unpaired) electrons. The second kappa shape index (κ2) is 12.1. The van der Waals surface area contributed by atoms with Crippen LogP contribution < -0.4 is 9.80 Å². The Bertz CT molecular complexity index is 63.5. The van der Waals surface area contributed by atoms with Crippen LogP contribution in [0.2, 0.25) is 0 Å². The molecule has 11 heavy (non-hydrogen) atoms. The van der Waals surface area contributed by atoms with Crippen LogP contribution in [-0.4, -0.2) is 33.9 Å². The Balaban J connectivity index is -0.000000320. The van der Waals surface area contributed by atoms with E-state index in [4.69, 9.17) is 0 Å². The largest absolute Gasteiger partial charge is 0.291 e. The van der Waals surface area contributed by atoms with Gasteiger partial charge in [-0.25, -0.2) is 0 Å². The first-order valence-electron chi connectivity index (χ1n) is 3.83. The SMILES string of the molecule is CC[NH+](C)C[NH+](C)CC.[Y].[Y]. The topological polar surface area (TPSA) is 8.88 Å². The van der Waals surface area contributed by atoms with E-state index in [1.807, 2.05) is 0 Å². The summed E-state index contributed by atoms with van der Waals surface area (Å²) in [6, 6.07) is 0. The minimum atomic E-state index is 0. The molecule has 0 rings (SSSR count). The molecule has 0 saturated heterocycles. The van der Waals surface area contributed by atoms with Crippen molar-refractivity contribution in [3.8, 4) is 0 Å². The molecule has 0 fully saturated rings. The summed E-state index contributed by atoms with van der Waals surface area (Å²) in [5, 5.41) is 0. The number of hydrogen-bond donors (Lipinski definition) is 2. The summed E-state index contributed by atoms with van der Waals surface area (Å²) >= 11 is 0. The molecule has 0 spiro atoms. The predicted molar refractivity (Wildman–Crippen MR) is 39.7 cm³/mol. The van der Waals surface area contributed by atoms with Gasteiger partial charge in [-0.3, -0.25) is 9.80 Å². The maximum Gasteiger partial charge on any atom is 0.203 e. The van der Waals surface area contributed by atoms with Crippen LogP contribution >= 0.6 is 0 Å². The molecular weight excluding hydrogens is 290 g/mol. The van der Waals surface area contributed by atoms with Crippen molar-refractivity contribution in [2.45, 2.75) is 13.8 Å². The molecule has 0 aromatic heterocycles. The van der Waals surface area contributed by atoms with Crippen LogP contribution in [0.5, 0.6) is 0 Å². The van der Waals surface area contributed by atoms with Crippen molar-refractivity contribution in [1.82, 2.24) is 0 Å². The summed E-state index contributed by atoms with van der Waals surface area (Å²) in [6.45, 7) is 8.15. The molecule has 0 heterocycles. The fourth-order valence-corrected chi connectivity index (χ4v) is 0.765. The van der Waals surface area contributed by atoms with Gasteiger partial charge in [0.25, 0.3) is 0 Å². The van der Waals surface area contributed by atoms with Crippen molar-refractivity contribution < 1.29 is 75.2 Å². The zero-order valence-electron chi connectivity index (χ0n) is 8.28. The molecule has 0 amide bonds. The molecule has 0 aliphatic rings. The summed E-state index contributed by atoms with van der Waals surface area (Å²) < 4.78 is 0. The maximum absolute atomic E-state index is 2.24. The minimum Gasteiger partial charge on any atom is -0.291 e. The standard InChI is InChI=1S/C7H18N2.2Y/c1-5-8(3)7-9(4)6-2;;/h5-7H2,1-4H3;;/p+2. The summed E-state index contributed by atoms with van der Waals surface area (Å²) in [6.07, 6.45) is 0. The van der Waals surface area contributed by atoms with Gasteiger partial charge in [-0.15, -0.1) is 0 Å². The molecule has 2 N–H and O–H groups in total. The van der Waals surface area contributed by atoms with Gasteiger partial charge in [0.2, 0.25) is 6.67 Å². The molecule has 62 valence electrons. The number of quaternary nitrogens is 2. The monoisotopic (exact) mass is 310 g/mol. The van der Waals surface area contributed by atoms with Gasteiger partial charge >= 0.3 is 0 Å². The Kier molecular flexibility index (Phi) is 20.8. The third-order valence-electron chi connectivity index (χ3n) is 1.81. The Hall–Kier alpha value is 2.13. The molecule has 0 saturated carbocycles. The van der Waals surface area contributed by atoms with Gasteiger partial charge in [-0.05, 0) is 13.8 Å². The van der Waals surface area contributed by atoms with E-state index < -0.39 is 0 Å². The molecule has 0 aromatic carbocycles. The summed E-state index contributed by atoms with van der Waals surface area (Å²) in [7, 11) is 4.47. The Labute approximate surface area is 121 Å². The first-order chi connectivity index (χ1) is 4.20. The van der Waals surface area contributed by atoms with Crippen LogP contribution in [0.25, 0.3) is 0 Å². The smallest absolute Gasteiger partial charge is 0.203 e. The van der Waals surface area contributed by atoms with Gasteiger partial charge in [-0.2, -0.15) is 0 Å². The van der Waals surface area contributed by atoms with Crippen LogP contribution in [-0.2, 0) is 65.4 Å². The molecule has 2 nitrogen and oxygen atoms in total. The fraction of sp³-hybridized carbons (Fsp3) is 1.00. The molecule has 0 aliphatic carbocycles. The van der Waals surface area contributed by atoms with E-state index in [9.17, 15) is 0 Å². The fourth-order valence-electron chi connectivity index (χ4n) is 0.765. The first-order valence-corrected chi connectivity index (χ1v) is 3.83. The molecule has 2 unspecified atom stereocenters. The van der Waals surface area contributed by atoms with Gasteiger partial charge in [0.15, 0.2) is 0 Å². The van der Waals surface area contributed by atoms with E-state index in [-0.39, 0.29) is 65.4 Å². The van der Waals surface area contributed by atoms with Crippen LogP contribution in [0, 0.1) is 0 Å². The van der Waals surface area contributed by atoms with Crippen LogP contribution in [0.1, 0.15) is 13.8 Å². The van der Waals surface area contributed by atoms with E-state index in [0.717, 1.165) is 0 Å². The average Bonchev–Trinajstić information content (AvgIpc) is 1.87. The first kappa shape index (κ1) is 18.8. The number of nitrogens with one attached hydrogen (secondary N) is 2. The van der Waals surface area contributed by atoms with E-state index >= 15 is 0 Å². The van der Waals surface area contributed by atoms with Crippen LogP contribution in [0.3, 0.4) is 0 Å². The van der Waals surface area contributed by atoms with E-state index in [2.05, 4.69) is 27.9 Å². The number of rotatable bonds is 4. The van der Waals surface area contributed by atoms with Crippen molar-refractivity contribution in [2.75, 3.05) is 33.9 Å².